The fourth-order valence-electron chi connectivity index (χ4n) is 2.79. The summed E-state index contributed by atoms with van der Waals surface area (Å²) in [5, 5.41) is 9.98. The van der Waals surface area contributed by atoms with Crippen LogP contribution < -0.4 is 14.8 Å². The van der Waals surface area contributed by atoms with Crippen LogP contribution >= 0.6 is 22.7 Å². The summed E-state index contributed by atoms with van der Waals surface area (Å²) in [7, 11) is 3.22. The Bertz CT molecular complexity index is 891. The molecule has 27 heavy (non-hydrogen) atoms. The van der Waals surface area contributed by atoms with Crippen molar-refractivity contribution in [1.82, 2.24) is 10.3 Å². The lowest BCUT2D eigenvalue weighted by Crippen LogP contribution is -2.35. The van der Waals surface area contributed by atoms with E-state index in [2.05, 4.69) is 27.1 Å². The molecule has 1 unspecified atom stereocenters. The molecular formula is C20H22N2O3S2. The molecule has 0 aliphatic carbocycles. The third-order valence-electron chi connectivity index (χ3n) is 4.05. The molecular weight excluding hydrogens is 380 g/mol. The predicted octanol–water partition coefficient (Wildman–Crippen LogP) is 4.18. The van der Waals surface area contributed by atoms with Gasteiger partial charge < -0.3 is 14.8 Å². The van der Waals surface area contributed by atoms with Crippen LogP contribution in [0.25, 0.3) is 10.6 Å². The molecule has 7 heteroatoms. The van der Waals surface area contributed by atoms with Crippen molar-refractivity contribution in [3.63, 3.8) is 0 Å². The number of ether oxygens (including phenoxy) is 2. The zero-order valence-corrected chi connectivity index (χ0v) is 17.2. The van der Waals surface area contributed by atoms with Gasteiger partial charge in [-0.25, -0.2) is 4.98 Å². The molecule has 3 rings (SSSR count). The molecule has 5 nitrogen and oxygen atoms in total. The number of benzene rings is 1. The van der Waals surface area contributed by atoms with Gasteiger partial charge in [-0.2, -0.15) is 11.3 Å². The van der Waals surface area contributed by atoms with Gasteiger partial charge in [0.05, 0.1) is 26.3 Å². The number of hydrogen-bond acceptors (Lipinski definition) is 6. The van der Waals surface area contributed by atoms with Crippen LogP contribution in [0.1, 0.15) is 18.2 Å². The fourth-order valence-corrected chi connectivity index (χ4v) is 4.29. The summed E-state index contributed by atoms with van der Waals surface area (Å²) in [6.07, 6.45) is 1.11. The van der Waals surface area contributed by atoms with E-state index >= 15 is 0 Å². The normalized spacial score (nSPS) is 11.8. The van der Waals surface area contributed by atoms with Crippen molar-refractivity contribution in [2.24, 2.45) is 0 Å². The summed E-state index contributed by atoms with van der Waals surface area (Å²) in [5.41, 5.74) is 2.96. The van der Waals surface area contributed by atoms with Crippen LogP contribution in [0.5, 0.6) is 11.5 Å². The summed E-state index contributed by atoms with van der Waals surface area (Å²) in [6, 6.07) is 7.87. The molecule has 0 fully saturated rings. The molecule has 1 aromatic carbocycles. The molecule has 142 valence electrons. The van der Waals surface area contributed by atoms with Crippen molar-refractivity contribution in [3.8, 4) is 22.1 Å². The molecule has 0 bridgehead atoms. The van der Waals surface area contributed by atoms with Gasteiger partial charge in [-0.05, 0) is 53.9 Å². The average Bonchev–Trinajstić information content (AvgIpc) is 3.33. The van der Waals surface area contributed by atoms with Crippen LogP contribution in [-0.4, -0.2) is 31.2 Å². The van der Waals surface area contributed by atoms with Crippen LogP contribution in [-0.2, 0) is 17.6 Å². The van der Waals surface area contributed by atoms with Crippen molar-refractivity contribution in [2.45, 2.75) is 25.8 Å². The SMILES string of the molecule is COc1ccc(-c2nc(CC(=O)NC(C)Cc3ccsc3)cs2)cc1OC. The number of amides is 1. The average molecular weight is 403 g/mol. The number of nitrogens with one attached hydrogen (secondary N) is 1. The molecule has 1 atom stereocenters. The maximum atomic E-state index is 12.3. The molecule has 3 aromatic rings. The Morgan fingerprint density at radius 3 is 2.70 bits per heavy atom. The maximum absolute atomic E-state index is 12.3. The van der Waals surface area contributed by atoms with Crippen LogP contribution in [0.15, 0.2) is 40.4 Å². The summed E-state index contributed by atoms with van der Waals surface area (Å²) >= 11 is 3.18. The molecule has 2 heterocycles. The van der Waals surface area contributed by atoms with Gasteiger partial charge in [0.1, 0.15) is 5.01 Å². The Morgan fingerprint density at radius 2 is 2.00 bits per heavy atom. The van der Waals surface area contributed by atoms with Gasteiger partial charge in [0.25, 0.3) is 0 Å². The number of rotatable bonds is 8. The molecule has 1 amide bonds. The molecule has 0 saturated carbocycles. The number of thiazole rings is 1. The minimum absolute atomic E-state index is 0.0121. The zero-order valence-electron chi connectivity index (χ0n) is 15.5. The topological polar surface area (TPSA) is 60.5 Å². The first kappa shape index (κ1) is 19.4. The second-order valence-corrected chi connectivity index (χ2v) is 7.83. The van der Waals surface area contributed by atoms with Crippen molar-refractivity contribution >= 4 is 28.6 Å². The molecule has 0 aliphatic heterocycles. The summed E-state index contributed by atoms with van der Waals surface area (Å²) in [6.45, 7) is 2.02. The largest absolute Gasteiger partial charge is 0.493 e. The number of thiophene rings is 1. The van der Waals surface area contributed by atoms with E-state index in [4.69, 9.17) is 9.47 Å². The lowest BCUT2D eigenvalue weighted by molar-refractivity contribution is -0.121. The zero-order chi connectivity index (χ0) is 19.2. The lowest BCUT2D eigenvalue weighted by Gasteiger charge is -2.12. The molecule has 0 spiro atoms. The summed E-state index contributed by atoms with van der Waals surface area (Å²) in [4.78, 5) is 16.9. The first-order chi connectivity index (χ1) is 13.1. The second-order valence-electron chi connectivity index (χ2n) is 6.19. The van der Waals surface area contributed by atoms with Crippen LogP contribution in [0, 0.1) is 0 Å². The first-order valence-corrected chi connectivity index (χ1v) is 10.4. The Hall–Kier alpha value is -2.38. The van der Waals surface area contributed by atoms with E-state index in [9.17, 15) is 4.79 Å². The second kappa shape index (κ2) is 9.01. The molecule has 1 N–H and O–H groups in total. The summed E-state index contributed by atoms with van der Waals surface area (Å²) < 4.78 is 10.6. The van der Waals surface area contributed by atoms with E-state index in [1.165, 1.54) is 16.9 Å². The van der Waals surface area contributed by atoms with E-state index < -0.39 is 0 Å². The number of hydrogen-bond donors (Lipinski definition) is 1. The minimum Gasteiger partial charge on any atom is -0.493 e. The number of aromatic nitrogens is 1. The van der Waals surface area contributed by atoms with E-state index in [1.807, 2.05) is 30.5 Å². The van der Waals surface area contributed by atoms with Gasteiger partial charge in [0.15, 0.2) is 11.5 Å². The highest BCUT2D eigenvalue weighted by atomic mass is 32.1. The molecule has 2 aromatic heterocycles. The highest BCUT2D eigenvalue weighted by molar-refractivity contribution is 7.13. The van der Waals surface area contributed by atoms with E-state index in [1.54, 1.807) is 25.6 Å². The van der Waals surface area contributed by atoms with Gasteiger partial charge in [0, 0.05) is 17.0 Å². The fraction of sp³-hybridized carbons (Fsp3) is 0.300. The van der Waals surface area contributed by atoms with Crippen molar-refractivity contribution in [1.29, 1.82) is 0 Å². The Morgan fingerprint density at radius 1 is 1.19 bits per heavy atom. The molecule has 0 saturated heterocycles. The van der Waals surface area contributed by atoms with E-state index in [0.29, 0.717) is 11.5 Å². The van der Waals surface area contributed by atoms with Gasteiger partial charge in [-0.15, -0.1) is 11.3 Å². The number of nitrogens with zero attached hydrogens (tertiary/aromatic N) is 1. The number of carbonyl (C=O) groups excluding carboxylic acids is 1. The lowest BCUT2D eigenvalue weighted by atomic mass is 10.1. The Labute approximate surface area is 167 Å². The smallest absolute Gasteiger partial charge is 0.226 e. The van der Waals surface area contributed by atoms with Crippen molar-refractivity contribution < 1.29 is 14.3 Å². The number of carbonyl (C=O) groups is 1. The Kier molecular flexibility index (Phi) is 6.47. The first-order valence-electron chi connectivity index (χ1n) is 8.56. The monoisotopic (exact) mass is 402 g/mol. The van der Waals surface area contributed by atoms with Gasteiger partial charge in [-0.1, -0.05) is 0 Å². The quantitative estimate of drug-likeness (QED) is 0.614. The highest BCUT2D eigenvalue weighted by Crippen LogP contribution is 2.33. The molecule has 0 radical (unpaired) electrons. The van der Waals surface area contributed by atoms with Crippen LogP contribution in [0.4, 0.5) is 0 Å². The van der Waals surface area contributed by atoms with Gasteiger partial charge in [0.2, 0.25) is 5.91 Å². The molecule has 0 aliphatic rings. The summed E-state index contributed by atoms with van der Waals surface area (Å²) in [5.74, 6) is 1.32. The number of methoxy groups -OCH3 is 2. The maximum Gasteiger partial charge on any atom is 0.226 e. The van der Waals surface area contributed by atoms with E-state index in [-0.39, 0.29) is 18.4 Å². The third-order valence-corrected chi connectivity index (χ3v) is 5.73. The standard InChI is InChI=1S/C20H22N2O3S2/c1-13(8-14-6-7-26-11-14)21-19(23)10-16-12-27-20(22-16)15-4-5-17(24-2)18(9-15)25-3/h4-7,9,11-13H,8,10H2,1-3H3,(H,21,23). The minimum atomic E-state index is -0.0121. The van der Waals surface area contributed by atoms with Gasteiger partial charge in [-0.3, -0.25) is 4.79 Å². The van der Waals surface area contributed by atoms with Crippen LogP contribution in [0.3, 0.4) is 0 Å². The van der Waals surface area contributed by atoms with Crippen molar-refractivity contribution in [3.05, 3.63) is 51.7 Å². The predicted molar refractivity (Wildman–Crippen MR) is 110 cm³/mol. The Balaban J connectivity index is 1.61. The van der Waals surface area contributed by atoms with E-state index in [0.717, 1.165) is 22.7 Å². The highest BCUT2D eigenvalue weighted by Gasteiger charge is 2.13. The van der Waals surface area contributed by atoms with Crippen LogP contribution in [0.2, 0.25) is 0 Å². The third kappa shape index (κ3) is 5.08. The van der Waals surface area contributed by atoms with Crippen molar-refractivity contribution in [2.75, 3.05) is 14.2 Å². The van der Waals surface area contributed by atoms with Gasteiger partial charge >= 0.3 is 0 Å².